The number of ether oxygens (including phenoxy) is 1. The van der Waals surface area contributed by atoms with E-state index < -0.39 is 0 Å². The lowest BCUT2D eigenvalue weighted by Crippen LogP contribution is -2.19. The first-order valence-corrected chi connectivity index (χ1v) is 8.55. The van der Waals surface area contributed by atoms with Gasteiger partial charge >= 0.3 is 0 Å². The third-order valence-corrected chi connectivity index (χ3v) is 4.82. The Morgan fingerprint density at radius 2 is 2.09 bits per heavy atom. The van der Waals surface area contributed by atoms with Gasteiger partial charge in [-0.1, -0.05) is 12.1 Å². The molecule has 116 valence electrons. The Labute approximate surface area is 140 Å². The maximum atomic E-state index is 12.4. The molecule has 0 aliphatic carbocycles. The van der Waals surface area contributed by atoms with Gasteiger partial charge in [0.25, 0.3) is 5.56 Å². The van der Waals surface area contributed by atoms with Gasteiger partial charge in [-0.2, -0.15) is 11.3 Å². The van der Waals surface area contributed by atoms with E-state index in [0.29, 0.717) is 20.5 Å². The zero-order chi connectivity index (χ0) is 16.2. The number of rotatable bonds is 4. The number of H-pyrrole nitrogens is 1. The Hall–Kier alpha value is -2.44. The SMILES string of the molecule is COc1ccccc1C(=O)/C=c1\[nH]c(=O)/c(=C\c2ccsc2)s1. The van der Waals surface area contributed by atoms with E-state index in [1.54, 1.807) is 35.6 Å². The van der Waals surface area contributed by atoms with Crippen LogP contribution in [-0.4, -0.2) is 17.9 Å². The van der Waals surface area contributed by atoms with E-state index >= 15 is 0 Å². The first-order valence-electron chi connectivity index (χ1n) is 6.79. The summed E-state index contributed by atoms with van der Waals surface area (Å²) in [6.07, 6.45) is 3.24. The second-order valence-corrected chi connectivity index (χ2v) is 6.56. The molecule has 3 aromatic rings. The van der Waals surface area contributed by atoms with Crippen molar-refractivity contribution in [2.24, 2.45) is 0 Å². The van der Waals surface area contributed by atoms with E-state index in [-0.39, 0.29) is 11.3 Å². The fourth-order valence-corrected chi connectivity index (χ4v) is 3.58. The molecule has 0 unspecified atom stereocenters. The molecule has 2 heterocycles. The normalized spacial score (nSPS) is 12.6. The minimum atomic E-state index is -0.206. The molecule has 2 aromatic heterocycles. The van der Waals surface area contributed by atoms with Gasteiger partial charge in [-0.05, 0) is 40.6 Å². The smallest absolute Gasteiger partial charge is 0.266 e. The van der Waals surface area contributed by atoms with Crippen LogP contribution in [0.25, 0.3) is 12.2 Å². The largest absolute Gasteiger partial charge is 0.496 e. The molecular formula is C17H13NO3S2. The third-order valence-electron chi connectivity index (χ3n) is 3.16. The number of hydrogen-bond donors (Lipinski definition) is 1. The van der Waals surface area contributed by atoms with Crippen LogP contribution < -0.4 is 19.5 Å². The molecule has 6 heteroatoms. The van der Waals surface area contributed by atoms with E-state index in [4.69, 9.17) is 4.74 Å². The summed E-state index contributed by atoms with van der Waals surface area (Å²) in [5.74, 6) is 0.305. The lowest BCUT2D eigenvalue weighted by atomic mass is 10.1. The number of Topliss-reactive ketones (excluding diaryl/α,β-unsaturated/α-hetero) is 1. The fourth-order valence-electron chi connectivity index (χ4n) is 2.08. The Balaban J connectivity index is 2.01. The van der Waals surface area contributed by atoms with Crippen molar-refractivity contribution in [1.82, 2.24) is 4.98 Å². The lowest BCUT2D eigenvalue weighted by molar-refractivity contribution is 0.105. The van der Waals surface area contributed by atoms with E-state index in [1.165, 1.54) is 24.5 Å². The third kappa shape index (κ3) is 3.49. The van der Waals surface area contributed by atoms with Gasteiger partial charge in [-0.3, -0.25) is 9.59 Å². The molecule has 0 aliphatic heterocycles. The number of methoxy groups -OCH3 is 1. The highest BCUT2D eigenvalue weighted by Gasteiger charge is 2.09. The molecule has 4 nitrogen and oxygen atoms in total. The van der Waals surface area contributed by atoms with Gasteiger partial charge < -0.3 is 9.72 Å². The van der Waals surface area contributed by atoms with Gasteiger partial charge in [0.05, 0.1) is 21.9 Å². The molecule has 0 radical (unpaired) electrons. The van der Waals surface area contributed by atoms with Crippen LogP contribution in [-0.2, 0) is 0 Å². The molecule has 1 aromatic carbocycles. The zero-order valence-electron chi connectivity index (χ0n) is 12.2. The van der Waals surface area contributed by atoms with Crippen LogP contribution in [0.5, 0.6) is 5.75 Å². The molecule has 0 saturated heterocycles. The monoisotopic (exact) mass is 343 g/mol. The Bertz CT molecular complexity index is 997. The predicted molar refractivity (Wildman–Crippen MR) is 93.9 cm³/mol. The van der Waals surface area contributed by atoms with E-state index in [9.17, 15) is 9.59 Å². The lowest BCUT2D eigenvalue weighted by Gasteiger charge is -2.03. The number of thiophene rings is 1. The summed E-state index contributed by atoms with van der Waals surface area (Å²) < 4.78 is 6.28. The highest BCUT2D eigenvalue weighted by Crippen LogP contribution is 2.18. The number of ketones is 1. The van der Waals surface area contributed by atoms with Gasteiger partial charge in [-0.15, -0.1) is 11.3 Å². The Kier molecular flexibility index (Phi) is 4.55. The van der Waals surface area contributed by atoms with Crippen LogP contribution in [0.15, 0.2) is 45.9 Å². The van der Waals surface area contributed by atoms with Crippen LogP contribution in [0, 0.1) is 0 Å². The molecule has 0 bridgehead atoms. The summed E-state index contributed by atoms with van der Waals surface area (Å²) in [4.78, 5) is 27.1. The van der Waals surface area contributed by atoms with Crippen LogP contribution in [0.2, 0.25) is 0 Å². The minimum absolute atomic E-state index is 0.194. The number of thiazole rings is 1. The molecule has 0 amide bonds. The van der Waals surface area contributed by atoms with Gasteiger partial charge in [0, 0.05) is 6.08 Å². The van der Waals surface area contributed by atoms with Crippen LogP contribution in [0.1, 0.15) is 15.9 Å². The van der Waals surface area contributed by atoms with Crippen LogP contribution >= 0.6 is 22.7 Å². The number of carbonyl (C=O) groups excluding carboxylic acids is 1. The van der Waals surface area contributed by atoms with Crippen molar-refractivity contribution in [3.8, 4) is 5.75 Å². The highest BCUT2D eigenvalue weighted by molar-refractivity contribution is 7.08. The van der Waals surface area contributed by atoms with E-state index in [2.05, 4.69) is 4.98 Å². The van der Waals surface area contributed by atoms with Crippen molar-refractivity contribution in [2.45, 2.75) is 0 Å². The average Bonchev–Trinajstić information content (AvgIpc) is 3.18. The summed E-state index contributed by atoms with van der Waals surface area (Å²) in [5, 5.41) is 3.91. The summed E-state index contributed by atoms with van der Waals surface area (Å²) >= 11 is 2.83. The molecule has 0 atom stereocenters. The van der Waals surface area contributed by atoms with Gasteiger partial charge in [0.1, 0.15) is 5.75 Å². The van der Waals surface area contributed by atoms with Crippen molar-refractivity contribution in [3.63, 3.8) is 0 Å². The minimum Gasteiger partial charge on any atom is -0.496 e. The van der Waals surface area contributed by atoms with Gasteiger partial charge in [0.2, 0.25) is 0 Å². The van der Waals surface area contributed by atoms with Crippen molar-refractivity contribution in [3.05, 3.63) is 71.8 Å². The standard InChI is InChI=1S/C17H13NO3S2/c1-21-14-5-3-2-4-12(14)13(19)9-16-18-17(20)15(23-16)8-11-6-7-22-10-11/h2-10H,1H3,(H,18,20)/b15-8+,16-9+. The summed E-state index contributed by atoms with van der Waals surface area (Å²) in [6.45, 7) is 0. The first kappa shape index (κ1) is 15.5. The molecule has 0 spiro atoms. The predicted octanol–water partition coefficient (Wildman–Crippen LogP) is 2.00. The molecule has 1 N–H and O–H groups in total. The number of benzene rings is 1. The summed E-state index contributed by atoms with van der Waals surface area (Å²) in [6, 6.07) is 8.94. The maximum Gasteiger partial charge on any atom is 0.266 e. The quantitative estimate of drug-likeness (QED) is 0.737. The molecular weight excluding hydrogens is 330 g/mol. The average molecular weight is 343 g/mol. The van der Waals surface area contributed by atoms with E-state index in [0.717, 1.165) is 5.56 Å². The topological polar surface area (TPSA) is 59.2 Å². The Morgan fingerprint density at radius 1 is 1.26 bits per heavy atom. The van der Waals surface area contributed by atoms with Crippen molar-refractivity contribution in [2.75, 3.05) is 7.11 Å². The van der Waals surface area contributed by atoms with Crippen LogP contribution in [0.4, 0.5) is 0 Å². The second kappa shape index (κ2) is 6.76. The number of nitrogens with one attached hydrogen (secondary N) is 1. The number of aromatic amines is 1. The van der Waals surface area contributed by atoms with Crippen molar-refractivity contribution >= 4 is 40.6 Å². The maximum absolute atomic E-state index is 12.4. The molecule has 0 aliphatic rings. The summed E-state index contributed by atoms with van der Waals surface area (Å²) in [7, 11) is 1.52. The van der Waals surface area contributed by atoms with Gasteiger partial charge in [-0.25, -0.2) is 0 Å². The van der Waals surface area contributed by atoms with Crippen LogP contribution in [0.3, 0.4) is 0 Å². The highest BCUT2D eigenvalue weighted by atomic mass is 32.1. The number of hydrogen-bond acceptors (Lipinski definition) is 5. The zero-order valence-corrected chi connectivity index (χ0v) is 13.9. The van der Waals surface area contributed by atoms with Gasteiger partial charge in [0.15, 0.2) is 5.78 Å². The van der Waals surface area contributed by atoms with Crippen molar-refractivity contribution < 1.29 is 9.53 Å². The molecule has 0 fully saturated rings. The molecule has 23 heavy (non-hydrogen) atoms. The molecule has 3 rings (SSSR count). The van der Waals surface area contributed by atoms with E-state index in [1.807, 2.05) is 22.9 Å². The second-order valence-electron chi connectivity index (χ2n) is 4.69. The molecule has 0 saturated carbocycles. The summed E-state index contributed by atoms with van der Waals surface area (Å²) in [5.41, 5.74) is 1.25. The number of para-hydroxylation sites is 1. The van der Waals surface area contributed by atoms with Crippen molar-refractivity contribution in [1.29, 1.82) is 0 Å². The number of carbonyl (C=O) groups is 1. The fraction of sp³-hybridized carbons (Fsp3) is 0.0588. The Morgan fingerprint density at radius 3 is 2.83 bits per heavy atom. The first-order chi connectivity index (χ1) is 11.2. The number of aromatic nitrogens is 1.